The SMILES string of the molecule is COc1[nH]c([S+](C)[O-])nc1-c1ccccn1. The summed E-state index contributed by atoms with van der Waals surface area (Å²) in [6.07, 6.45) is 3.23. The van der Waals surface area contributed by atoms with E-state index in [9.17, 15) is 4.55 Å². The number of nitrogens with one attached hydrogen (secondary N) is 1. The Labute approximate surface area is 96.1 Å². The van der Waals surface area contributed by atoms with E-state index in [2.05, 4.69) is 15.0 Å². The van der Waals surface area contributed by atoms with Gasteiger partial charge >= 0.3 is 5.16 Å². The van der Waals surface area contributed by atoms with Crippen LogP contribution in [0.2, 0.25) is 0 Å². The number of nitrogens with zero attached hydrogens (tertiary/aromatic N) is 2. The second kappa shape index (κ2) is 4.54. The Bertz CT molecular complexity index is 470. The molecular weight excluding hydrogens is 226 g/mol. The third kappa shape index (κ3) is 2.02. The second-order valence-corrected chi connectivity index (χ2v) is 4.39. The summed E-state index contributed by atoms with van der Waals surface area (Å²) in [6.45, 7) is 0. The largest absolute Gasteiger partial charge is 0.609 e. The standard InChI is InChI=1S/C10H11N3O2S/c1-15-9-8(7-5-3-4-6-11-7)12-10(13-9)16(2)14/h3-6H,1-2H3,(H,12,13). The molecule has 0 amide bonds. The molecule has 84 valence electrons. The van der Waals surface area contributed by atoms with Gasteiger partial charge in [0.1, 0.15) is 6.26 Å². The minimum absolute atomic E-state index is 0.387. The van der Waals surface area contributed by atoms with Gasteiger partial charge in [-0.15, -0.1) is 0 Å². The number of pyridine rings is 1. The molecule has 6 heteroatoms. The number of imidazole rings is 1. The lowest BCUT2D eigenvalue weighted by atomic mass is 10.3. The minimum Gasteiger partial charge on any atom is -0.609 e. The highest BCUT2D eigenvalue weighted by atomic mass is 32.2. The van der Waals surface area contributed by atoms with Crippen molar-refractivity contribution in [3.05, 3.63) is 24.4 Å². The van der Waals surface area contributed by atoms with Gasteiger partial charge in [0.15, 0.2) is 5.69 Å². The molecule has 1 unspecified atom stereocenters. The van der Waals surface area contributed by atoms with E-state index < -0.39 is 11.2 Å². The van der Waals surface area contributed by atoms with Gasteiger partial charge in [0.2, 0.25) is 5.88 Å². The van der Waals surface area contributed by atoms with Gasteiger partial charge in [0.05, 0.1) is 12.8 Å². The van der Waals surface area contributed by atoms with E-state index in [1.54, 1.807) is 12.5 Å². The minimum atomic E-state index is -1.17. The fourth-order valence-corrected chi connectivity index (χ4v) is 1.75. The van der Waals surface area contributed by atoms with Gasteiger partial charge in [-0.3, -0.25) is 9.97 Å². The van der Waals surface area contributed by atoms with Crippen LogP contribution in [0.5, 0.6) is 5.88 Å². The maximum absolute atomic E-state index is 11.3. The monoisotopic (exact) mass is 237 g/mol. The molecule has 2 aromatic heterocycles. The van der Waals surface area contributed by atoms with Crippen LogP contribution in [0.3, 0.4) is 0 Å². The maximum Gasteiger partial charge on any atom is 0.323 e. The third-order valence-corrected chi connectivity index (χ3v) is 2.77. The van der Waals surface area contributed by atoms with Gasteiger partial charge in [0, 0.05) is 17.4 Å². The lowest BCUT2D eigenvalue weighted by Gasteiger charge is -1.98. The van der Waals surface area contributed by atoms with Crippen LogP contribution in [0.15, 0.2) is 29.6 Å². The molecule has 0 spiro atoms. The molecule has 2 rings (SSSR count). The second-order valence-electron chi connectivity index (χ2n) is 3.09. The zero-order valence-corrected chi connectivity index (χ0v) is 9.75. The fraction of sp³-hybridized carbons (Fsp3) is 0.200. The lowest BCUT2D eigenvalue weighted by molar-refractivity contribution is 0.399. The molecule has 1 N–H and O–H groups in total. The third-order valence-electron chi connectivity index (χ3n) is 2.03. The number of rotatable bonds is 3. The van der Waals surface area contributed by atoms with E-state index in [-0.39, 0.29) is 0 Å². The number of ether oxygens (including phenoxy) is 1. The van der Waals surface area contributed by atoms with Gasteiger partial charge < -0.3 is 9.29 Å². The van der Waals surface area contributed by atoms with Crippen molar-refractivity contribution >= 4 is 11.2 Å². The first-order valence-corrected chi connectivity index (χ1v) is 6.17. The van der Waals surface area contributed by atoms with Crippen LogP contribution in [0, 0.1) is 0 Å². The van der Waals surface area contributed by atoms with Crippen LogP contribution < -0.4 is 4.74 Å². The van der Waals surface area contributed by atoms with Crippen LogP contribution >= 0.6 is 0 Å². The van der Waals surface area contributed by atoms with Crippen LogP contribution in [-0.4, -0.2) is 32.9 Å². The Morgan fingerprint density at radius 2 is 2.25 bits per heavy atom. The van der Waals surface area contributed by atoms with Gasteiger partial charge in [-0.05, 0) is 12.1 Å². The van der Waals surface area contributed by atoms with Crippen molar-refractivity contribution in [3.8, 4) is 17.3 Å². The molecule has 0 aliphatic heterocycles. The summed E-state index contributed by atoms with van der Waals surface area (Å²) in [7, 11) is 1.53. The summed E-state index contributed by atoms with van der Waals surface area (Å²) in [5.74, 6) is 0.476. The number of H-pyrrole nitrogens is 1. The maximum atomic E-state index is 11.3. The smallest absolute Gasteiger partial charge is 0.323 e. The molecule has 0 bridgehead atoms. The van der Waals surface area contributed by atoms with E-state index >= 15 is 0 Å². The topological polar surface area (TPSA) is 73.9 Å². The Morgan fingerprint density at radius 1 is 1.44 bits per heavy atom. The molecule has 0 aliphatic carbocycles. The molecule has 0 saturated heterocycles. The predicted molar refractivity (Wildman–Crippen MR) is 60.7 cm³/mol. The number of aromatic nitrogens is 3. The Balaban J connectivity index is 2.48. The summed E-state index contributed by atoms with van der Waals surface area (Å²) in [6, 6.07) is 5.50. The summed E-state index contributed by atoms with van der Waals surface area (Å²) in [5.41, 5.74) is 1.26. The quantitative estimate of drug-likeness (QED) is 0.814. The van der Waals surface area contributed by atoms with E-state index in [4.69, 9.17) is 4.74 Å². The Morgan fingerprint density at radius 3 is 2.81 bits per heavy atom. The number of aromatic amines is 1. The molecule has 0 fully saturated rings. The van der Waals surface area contributed by atoms with Crippen molar-refractivity contribution < 1.29 is 9.29 Å². The predicted octanol–water partition coefficient (Wildman–Crippen LogP) is 1.22. The van der Waals surface area contributed by atoms with Crippen molar-refractivity contribution in [2.75, 3.05) is 13.4 Å². The van der Waals surface area contributed by atoms with Crippen molar-refractivity contribution in [2.24, 2.45) is 0 Å². The zero-order chi connectivity index (χ0) is 11.5. The molecule has 0 radical (unpaired) electrons. The fourth-order valence-electron chi connectivity index (χ4n) is 1.30. The van der Waals surface area contributed by atoms with E-state index in [0.29, 0.717) is 22.4 Å². The summed E-state index contributed by atoms with van der Waals surface area (Å²) in [4.78, 5) is 11.2. The highest BCUT2D eigenvalue weighted by molar-refractivity contribution is 7.90. The van der Waals surface area contributed by atoms with Gasteiger partial charge in [-0.25, -0.2) is 0 Å². The number of hydrogen-bond donors (Lipinski definition) is 1. The molecule has 0 saturated carbocycles. The molecule has 0 aromatic carbocycles. The zero-order valence-electron chi connectivity index (χ0n) is 8.93. The highest BCUT2D eigenvalue weighted by Gasteiger charge is 2.18. The van der Waals surface area contributed by atoms with Crippen LogP contribution in [0.25, 0.3) is 11.4 Å². The van der Waals surface area contributed by atoms with Crippen molar-refractivity contribution in [3.63, 3.8) is 0 Å². The lowest BCUT2D eigenvalue weighted by Crippen LogP contribution is -1.99. The van der Waals surface area contributed by atoms with Crippen molar-refractivity contribution in [1.82, 2.24) is 15.0 Å². The molecule has 2 heterocycles. The van der Waals surface area contributed by atoms with Crippen molar-refractivity contribution in [1.29, 1.82) is 0 Å². The van der Waals surface area contributed by atoms with Crippen LogP contribution in [-0.2, 0) is 11.2 Å². The van der Waals surface area contributed by atoms with Crippen LogP contribution in [0.4, 0.5) is 0 Å². The molecular formula is C10H11N3O2S. The van der Waals surface area contributed by atoms with Gasteiger partial charge in [0.25, 0.3) is 0 Å². The summed E-state index contributed by atoms with van der Waals surface area (Å²) in [5, 5.41) is 0.387. The first-order chi connectivity index (χ1) is 7.72. The molecule has 16 heavy (non-hydrogen) atoms. The number of methoxy groups -OCH3 is 1. The number of hydrogen-bond acceptors (Lipinski definition) is 4. The van der Waals surface area contributed by atoms with E-state index in [1.165, 1.54) is 7.11 Å². The van der Waals surface area contributed by atoms with Crippen LogP contribution in [0.1, 0.15) is 0 Å². The molecule has 0 aliphatic rings. The summed E-state index contributed by atoms with van der Waals surface area (Å²) < 4.78 is 16.4. The average Bonchev–Trinajstić information content (AvgIpc) is 2.74. The average molecular weight is 237 g/mol. The van der Waals surface area contributed by atoms with E-state index in [0.717, 1.165) is 0 Å². The van der Waals surface area contributed by atoms with Crippen molar-refractivity contribution in [2.45, 2.75) is 5.16 Å². The van der Waals surface area contributed by atoms with Gasteiger partial charge in [-0.2, -0.15) is 4.98 Å². The Hall–Kier alpha value is -1.53. The Kier molecular flexibility index (Phi) is 3.12. The first-order valence-electron chi connectivity index (χ1n) is 4.61. The normalized spacial score (nSPS) is 12.4. The molecule has 1 atom stereocenters. The van der Waals surface area contributed by atoms with Gasteiger partial charge in [-0.1, -0.05) is 6.07 Å². The summed E-state index contributed by atoms with van der Waals surface area (Å²) >= 11 is -1.17. The first kappa shape index (κ1) is 11.0. The van der Waals surface area contributed by atoms with E-state index in [1.807, 2.05) is 18.2 Å². The molecule has 5 nitrogen and oxygen atoms in total. The highest BCUT2D eigenvalue weighted by Crippen LogP contribution is 2.26. The molecule has 2 aromatic rings.